The molecule has 0 aromatic heterocycles. The van der Waals surface area contributed by atoms with Crippen molar-refractivity contribution >= 4 is 17.7 Å². The first-order chi connectivity index (χ1) is 7.29. The predicted octanol–water partition coefficient (Wildman–Crippen LogP) is 2.23. The third-order valence-electron chi connectivity index (χ3n) is 1.94. The molecular weight excluding hydrogens is 212 g/mol. The molecule has 0 radical (unpaired) electrons. The Morgan fingerprint density at radius 3 is 3.13 bits per heavy atom. The van der Waals surface area contributed by atoms with Gasteiger partial charge < -0.3 is 9.47 Å². The number of esters is 1. The molecule has 3 nitrogen and oxygen atoms in total. The number of para-hydroxylation sites is 1. The lowest BCUT2D eigenvalue weighted by Crippen LogP contribution is -2.07. The second kappa shape index (κ2) is 4.40. The van der Waals surface area contributed by atoms with Gasteiger partial charge >= 0.3 is 5.97 Å². The highest BCUT2D eigenvalue weighted by atomic mass is 32.2. The Morgan fingerprint density at radius 1 is 1.53 bits per heavy atom. The fourth-order valence-electron chi connectivity index (χ4n) is 1.23. The molecule has 4 heteroatoms. The van der Waals surface area contributed by atoms with Gasteiger partial charge in [0.2, 0.25) is 0 Å². The van der Waals surface area contributed by atoms with Crippen LogP contribution in [-0.2, 0) is 9.53 Å². The number of rotatable bonds is 1. The summed E-state index contributed by atoms with van der Waals surface area (Å²) in [6.07, 6.45) is 1.46. The number of fused-ring (bicyclic) bond motifs is 1. The maximum Gasteiger partial charge on any atom is 0.331 e. The van der Waals surface area contributed by atoms with E-state index in [2.05, 4.69) is 4.74 Å². The standard InChI is InChI=1S/C11H10O3S/c1-13-11(12)6-8-7-14-9-4-2-3-5-10(9)15-8/h2-6H,7H2,1H3/b8-6+. The van der Waals surface area contributed by atoms with Crippen LogP contribution >= 0.6 is 11.8 Å². The van der Waals surface area contributed by atoms with Gasteiger partial charge in [-0.1, -0.05) is 23.9 Å². The Balaban J connectivity index is 2.19. The topological polar surface area (TPSA) is 35.5 Å². The summed E-state index contributed by atoms with van der Waals surface area (Å²) in [6.45, 7) is 0.427. The Morgan fingerprint density at radius 2 is 2.33 bits per heavy atom. The van der Waals surface area contributed by atoms with Gasteiger partial charge in [0.1, 0.15) is 12.4 Å². The lowest BCUT2D eigenvalue weighted by Gasteiger charge is -2.18. The molecule has 0 unspecified atom stereocenters. The van der Waals surface area contributed by atoms with Crippen molar-refractivity contribution in [2.24, 2.45) is 0 Å². The van der Waals surface area contributed by atoms with E-state index in [1.165, 1.54) is 24.9 Å². The first-order valence-corrected chi connectivity index (χ1v) is 5.29. The van der Waals surface area contributed by atoms with E-state index in [0.29, 0.717) is 6.61 Å². The largest absolute Gasteiger partial charge is 0.487 e. The Hall–Kier alpha value is -1.42. The van der Waals surface area contributed by atoms with Crippen molar-refractivity contribution in [2.75, 3.05) is 13.7 Å². The number of carbonyl (C=O) groups is 1. The molecule has 78 valence electrons. The van der Waals surface area contributed by atoms with E-state index in [0.717, 1.165) is 15.6 Å². The summed E-state index contributed by atoms with van der Waals surface area (Å²) in [6, 6.07) is 7.74. The molecule has 1 heterocycles. The van der Waals surface area contributed by atoms with E-state index in [1.54, 1.807) is 0 Å². The van der Waals surface area contributed by atoms with Crippen LogP contribution in [0.4, 0.5) is 0 Å². The molecule has 2 rings (SSSR count). The normalized spacial score (nSPS) is 16.7. The summed E-state index contributed by atoms with van der Waals surface area (Å²) in [5, 5.41) is 0. The molecule has 1 aliphatic rings. The molecule has 1 aromatic rings. The molecule has 0 amide bonds. The molecule has 0 aliphatic carbocycles. The van der Waals surface area contributed by atoms with E-state index in [9.17, 15) is 4.79 Å². The minimum absolute atomic E-state index is 0.347. The first kappa shape index (κ1) is 10.1. The lowest BCUT2D eigenvalue weighted by atomic mass is 10.3. The van der Waals surface area contributed by atoms with Gasteiger partial charge in [0.05, 0.1) is 12.0 Å². The molecule has 0 spiro atoms. The Bertz CT molecular complexity index is 412. The fraction of sp³-hybridized carbons (Fsp3) is 0.182. The van der Waals surface area contributed by atoms with Gasteiger partial charge in [-0.2, -0.15) is 0 Å². The van der Waals surface area contributed by atoms with E-state index in [-0.39, 0.29) is 5.97 Å². The van der Waals surface area contributed by atoms with Crippen LogP contribution in [0.5, 0.6) is 5.75 Å². The van der Waals surface area contributed by atoms with Crippen LogP contribution in [-0.4, -0.2) is 19.7 Å². The molecule has 0 bridgehead atoms. The maximum atomic E-state index is 11.0. The third-order valence-corrected chi connectivity index (χ3v) is 3.00. The average Bonchev–Trinajstić information content (AvgIpc) is 2.29. The molecule has 0 saturated heterocycles. The van der Waals surface area contributed by atoms with Crippen LogP contribution in [0.25, 0.3) is 0 Å². The van der Waals surface area contributed by atoms with Crippen LogP contribution in [0.15, 0.2) is 40.1 Å². The van der Waals surface area contributed by atoms with Gasteiger partial charge in [0.25, 0.3) is 0 Å². The van der Waals surface area contributed by atoms with Crippen molar-refractivity contribution < 1.29 is 14.3 Å². The summed E-state index contributed by atoms with van der Waals surface area (Å²) in [5.74, 6) is 0.519. The van der Waals surface area contributed by atoms with Gasteiger partial charge in [-0.3, -0.25) is 0 Å². The Kier molecular flexibility index (Phi) is 2.97. The van der Waals surface area contributed by atoms with Crippen LogP contribution in [0.3, 0.4) is 0 Å². The highest BCUT2D eigenvalue weighted by Gasteiger charge is 2.15. The lowest BCUT2D eigenvalue weighted by molar-refractivity contribution is -0.134. The van der Waals surface area contributed by atoms with Crippen LogP contribution < -0.4 is 4.74 Å². The zero-order valence-corrected chi connectivity index (χ0v) is 9.04. The van der Waals surface area contributed by atoms with Crippen molar-refractivity contribution in [3.63, 3.8) is 0 Å². The molecule has 0 N–H and O–H groups in total. The molecule has 0 fully saturated rings. The van der Waals surface area contributed by atoms with Gasteiger partial charge in [-0.15, -0.1) is 0 Å². The summed E-state index contributed by atoms with van der Waals surface area (Å²) in [5.41, 5.74) is 0. The second-order valence-corrected chi connectivity index (χ2v) is 4.14. The maximum absolute atomic E-state index is 11.0. The highest BCUT2D eigenvalue weighted by Crippen LogP contribution is 2.38. The number of benzene rings is 1. The molecule has 1 aliphatic heterocycles. The van der Waals surface area contributed by atoms with E-state index in [4.69, 9.17) is 4.74 Å². The third kappa shape index (κ3) is 2.33. The average molecular weight is 222 g/mol. The minimum atomic E-state index is -0.347. The summed E-state index contributed by atoms with van der Waals surface area (Å²) in [7, 11) is 1.36. The van der Waals surface area contributed by atoms with Gasteiger partial charge in [-0.25, -0.2) is 4.79 Å². The number of carbonyl (C=O) groups excluding carboxylic acids is 1. The van der Waals surface area contributed by atoms with Crippen LogP contribution in [0, 0.1) is 0 Å². The van der Waals surface area contributed by atoms with Crippen LogP contribution in [0.2, 0.25) is 0 Å². The smallest absolute Gasteiger partial charge is 0.331 e. The molecular formula is C11H10O3S. The van der Waals surface area contributed by atoms with Crippen molar-refractivity contribution in [1.29, 1.82) is 0 Å². The molecule has 15 heavy (non-hydrogen) atoms. The predicted molar refractivity (Wildman–Crippen MR) is 57.9 cm³/mol. The number of hydrogen-bond acceptors (Lipinski definition) is 4. The van der Waals surface area contributed by atoms with Crippen molar-refractivity contribution in [3.05, 3.63) is 35.2 Å². The quantitative estimate of drug-likeness (QED) is 0.539. The summed E-state index contributed by atoms with van der Waals surface area (Å²) >= 11 is 1.54. The van der Waals surface area contributed by atoms with Gasteiger partial charge in [-0.05, 0) is 12.1 Å². The highest BCUT2D eigenvalue weighted by molar-refractivity contribution is 8.03. The molecule has 0 atom stereocenters. The number of methoxy groups -OCH3 is 1. The zero-order valence-electron chi connectivity index (χ0n) is 8.23. The van der Waals surface area contributed by atoms with E-state index in [1.807, 2.05) is 24.3 Å². The van der Waals surface area contributed by atoms with E-state index >= 15 is 0 Å². The van der Waals surface area contributed by atoms with Gasteiger partial charge in [0, 0.05) is 11.0 Å². The van der Waals surface area contributed by atoms with Crippen molar-refractivity contribution in [3.8, 4) is 5.75 Å². The summed E-state index contributed by atoms with van der Waals surface area (Å²) in [4.78, 5) is 12.9. The minimum Gasteiger partial charge on any atom is -0.487 e. The first-order valence-electron chi connectivity index (χ1n) is 4.48. The molecule has 0 saturated carbocycles. The zero-order chi connectivity index (χ0) is 10.7. The molecule has 1 aromatic carbocycles. The number of ether oxygens (including phenoxy) is 2. The van der Waals surface area contributed by atoms with Gasteiger partial charge in [0.15, 0.2) is 0 Å². The Labute approximate surface area is 92.1 Å². The second-order valence-electron chi connectivity index (χ2n) is 2.97. The number of hydrogen-bond donors (Lipinski definition) is 0. The SMILES string of the molecule is COC(=O)/C=C1\COc2ccccc2S1. The van der Waals surface area contributed by atoms with Crippen LogP contribution in [0.1, 0.15) is 0 Å². The number of thioether (sulfide) groups is 1. The fourth-order valence-corrected chi connectivity index (χ4v) is 2.16. The van der Waals surface area contributed by atoms with Crippen molar-refractivity contribution in [1.82, 2.24) is 0 Å². The summed E-state index contributed by atoms with van der Waals surface area (Å²) < 4.78 is 10.0. The van der Waals surface area contributed by atoms with E-state index < -0.39 is 0 Å². The monoisotopic (exact) mass is 222 g/mol. The van der Waals surface area contributed by atoms with Crippen molar-refractivity contribution in [2.45, 2.75) is 4.90 Å².